The Morgan fingerprint density at radius 3 is 2.46 bits per heavy atom. The van der Waals surface area contributed by atoms with Gasteiger partial charge in [0.15, 0.2) is 0 Å². The molecule has 0 spiro atoms. The van der Waals surface area contributed by atoms with E-state index in [9.17, 15) is 0 Å². The van der Waals surface area contributed by atoms with Crippen LogP contribution < -0.4 is 5.32 Å². The highest BCUT2D eigenvalue weighted by Gasteiger charge is 2.33. The van der Waals surface area contributed by atoms with Crippen molar-refractivity contribution in [2.24, 2.45) is 0 Å². The van der Waals surface area contributed by atoms with E-state index in [0.717, 1.165) is 26.1 Å². The van der Waals surface area contributed by atoms with Crippen LogP contribution in [0.3, 0.4) is 0 Å². The van der Waals surface area contributed by atoms with E-state index in [1.807, 2.05) is 0 Å². The lowest BCUT2D eigenvalue weighted by Crippen LogP contribution is -2.41. The van der Waals surface area contributed by atoms with Crippen molar-refractivity contribution in [1.82, 2.24) is 5.32 Å². The minimum absolute atomic E-state index is 0.187. The van der Waals surface area contributed by atoms with E-state index in [-0.39, 0.29) is 5.60 Å². The van der Waals surface area contributed by atoms with Gasteiger partial charge in [0, 0.05) is 13.2 Å². The van der Waals surface area contributed by atoms with Gasteiger partial charge in [0.2, 0.25) is 0 Å². The van der Waals surface area contributed by atoms with Crippen molar-refractivity contribution in [3.05, 3.63) is 0 Å². The fourth-order valence-electron chi connectivity index (χ4n) is 2.06. The molecule has 2 nitrogen and oxygen atoms in total. The molecule has 0 aliphatic heterocycles. The van der Waals surface area contributed by atoms with Crippen LogP contribution in [-0.4, -0.2) is 25.3 Å². The SMILES string of the molecule is CCCOC1(CNCC)CCCC1. The van der Waals surface area contributed by atoms with Gasteiger partial charge < -0.3 is 10.1 Å². The number of hydrogen-bond acceptors (Lipinski definition) is 2. The average Bonchev–Trinajstić information content (AvgIpc) is 2.61. The highest BCUT2D eigenvalue weighted by Crippen LogP contribution is 2.32. The van der Waals surface area contributed by atoms with E-state index in [0.29, 0.717) is 0 Å². The summed E-state index contributed by atoms with van der Waals surface area (Å²) in [5, 5.41) is 3.41. The van der Waals surface area contributed by atoms with Crippen LogP contribution in [-0.2, 0) is 4.74 Å². The molecule has 0 atom stereocenters. The van der Waals surface area contributed by atoms with Crippen molar-refractivity contribution in [1.29, 1.82) is 0 Å². The van der Waals surface area contributed by atoms with Crippen molar-refractivity contribution in [3.8, 4) is 0 Å². The number of nitrogens with one attached hydrogen (secondary N) is 1. The Morgan fingerprint density at radius 1 is 1.23 bits per heavy atom. The molecule has 0 amide bonds. The third-order valence-corrected chi connectivity index (χ3v) is 2.82. The van der Waals surface area contributed by atoms with Gasteiger partial charge in [0.1, 0.15) is 0 Å². The van der Waals surface area contributed by atoms with Crippen LogP contribution in [0.5, 0.6) is 0 Å². The Bertz CT molecular complexity index is 120. The summed E-state index contributed by atoms with van der Waals surface area (Å²) in [5.41, 5.74) is 0.187. The van der Waals surface area contributed by atoms with Gasteiger partial charge in [-0.25, -0.2) is 0 Å². The summed E-state index contributed by atoms with van der Waals surface area (Å²) in [4.78, 5) is 0. The number of hydrogen-bond donors (Lipinski definition) is 1. The van der Waals surface area contributed by atoms with Crippen LogP contribution in [0.4, 0.5) is 0 Å². The van der Waals surface area contributed by atoms with Crippen molar-refractivity contribution in [2.45, 2.75) is 51.6 Å². The molecule has 1 saturated carbocycles. The molecule has 0 aromatic heterocycles. The van der Waals surface area contributed by atoms with Gasteiger partial charge in [0.25, 0.3) is 0 Å². The molecule has 0 saturated heterocycles. The van der Waals surface area contributed by atoms with E-state index >= 15 is 0 Å². The summed E-state index contributed by atoms with van der Waals surface area (Å²) >= 11 is 0. The zero-order valence-corrected chi connectivity index (χ0v) is 9.07. The predicted molar refractivity (Wildman–Crippen MR) is 56.0 cm³/mol. The fraction of sp³-hybridized carbons (Fsp3) is 1.00. The molecule has 1 aliphatic carbocycles. The molecule has 1 aliphatic rings. The van der Waals surface area contributed by atoms with Crippen LogP contribution in [0.15, 0.2) is 0 Å². The summed E-state index contributed by atoms with van der Waals surface area (Å²) < 4.78 is 5.98. The van der Waals surface area contributed by atoms with Crippen LogP contribution in [0.1, 0.15) is 46.0 Å². The van der Waals surface area contributed by atoms with Gasteiger partial charge >= 0.3 is 0 Å². The third-order valence-electron chi connectivity index (χ3n) is 2.82. The first-order valence-corrected chi connectivity index (χ1v) is 5.67. The zero-order chi connectivity index (χ0) is 9.57. The Kier molecular flexibility index (Phi) is 4.74. The average molecular weight is 185 g/mol. The largest absolute Gasteiger partial charge is 0.374 e. The topological polar surface area (TPSA) is 21.3 Å². The molecule has 1 N–H and O–H groups in total. The van der Waals surface area contributed by atoms with Crippen LogP contribution >= 0.6 is 0 Å². The third kappa shape index (κ3) is 3.28. The monoisotopic (exact) mass is 185 g/mol. The summed E-state index contributed by atoms with van der Waals surface area (Å²) in [6.07, 6.45) is 6.32. The minimum atomic E-state index is 0.187. The Labute approximate surface area is 82.0 Å². The minimum Gasteiger partial charge on any atom is -0.374 e. The second kappa shape index (κ2) is 5.61. The zero-order valence-electron chi connectivity index (χ0n) is 9.07. The van der Waals surface area contributed by atoms with Gasteiger partial charge in [-0.3, -0.25) is 0 Å². The maximum absolute atomic E-state index is 5.98. The molecule has 0 heterocycles. The van der Waals surface area contributed by atoms with Crippen LogP contribution in [0.25, 0.3) is 0 Å². The van der Waals surface area contributed by atoms with E-state index in [1.54, 1.807) is 0 Å². The van der Waals surface area contributed by atoms with Crippen LogP contribution in [0.2, 0.25) is 0 Å². The molecule has 2 heteroatoms. The smallest absolute Gasteiger partial charge is 0.0806 e. The summed E-state index contributed by atoms with van der Waals surface area (Å²) in [6, 6.07) is 0. The first-order valence-electron chi connectivity index (χ1n) is 5.67. The van der Waals surface area contributed by atoms with Crippen molar-refractivity contribution in [2.75, 3.05) is 19.7 Å². The summed E-state index contributed by atoms with van der Waals surface area (Å²) in [6.45, 7) is 7.35. The van der Waals surface area contributed by atoms with E-state index in [4.69, 9.17) is 4.74 Å². The van der Waals surface area contributed by atoms with E-state index in [2.05, 4.69) is 19.2 Å². The Morgan fingerprint density at radius 2 is 1.92 bits per heavy atom. The Hall–Kier alpha value is -0.0800. The van der Waals surface area contributed by atoms with Crippen LogP contribution in [0, 0.1) is 0 Å². The van der Waals surface area contributed by atoms with E-state index in [1.165, 1.54) is 25.7 Å². The molecular formula is C11H23NO. The molecular weight excluding hydrogens is 162 g/mol. The van der Waals surface area contributed by atoms with Gasteiger partial charge in [-0.15, -0.1) is 0 Å². The number of ether oxygens (including phenoxy) is 1. The highest BCUT2D eigenvalue weighted by atomic mass is 16.5. The molecule has 0 unspecified atom stereocenters. The van der Waals surface area contributed by atoms with Gasteiger partial charge in [-0.1, -0.05) is 26.7 Å². The summed E-state index contributed by atoms with van der Waals surface area (Å²) in [5.74, 6) is 0. The Balaban J connectivity index is 2.33. The van der Waals surface area contributed by atoms with Gasteiger partial charge in [-0.2, -0.15) is 0 Å². The highest BCUT2D eigenvalue weighted by molar-refractivity contribution is 4.88. The first kappa shape index (κ1) is 11.0. The van der Waals surface area contributed by atoms with E-state index < -0.39 is 0 Å². The molecule has 0 aromatic rings. The molecule has 13 heavy (non-hydrogen) atoms. The normalized spacial score (nSPS) is 20.8. The molecule has 1 fully saturated rings. The van der Waals surface area contributed by atoms with Gasteiger partial charge in [-0.05, 0) is 25.8 Å². The molecule has 1 rings (SSSR count). The first-order chi connectivity index (χ1) is 6.33. The molecule has 0 radical (unpaired) electrons. The fourth-order valence-corrected chi connectivity index (χ4v) is 2.06. The van der Waals surface area contributed by atoms with Crippen molar-refractivity contribution >= 4 is 0 Å². The standard InChI is InChI=1S/C11H23NO/c1-3-9-13-11(10-12-4-2)7-5-6-8-11/h12H,3-10H2,1-2H3. The number of rotatable bonds is 6. The van der Waals surface area contributed by atoms with Crippen molar-refractivity contribution < 1.29 is 4.74 Å². The molecule has 0 bridgehead atoms. The lowest BCUT2D eigenvalue weighted by molar-refractivity contribution is -0.0386. The molecule has 78 valence electrons. The predicted octanol–water partition coefficient (Wildman–Crippen LogP) is 2.34. The molecule has 0 aromatic carbocycles. The quantitative estimate of drug-likeness (QED) is 0.686. The maximum Gasteiger partial charge on any atom is 0.0806 e. The second-order valence-corrected chi connectivity index (χ2v) is 4.02. The maximum atomic E-state index is 5.98. The second-order valence-electron chi connectivity index (χ2n) is 4.02. The summed E-state index contributed by atoms with van der Waals surface area (Å²) in [7, 11) is 0. The lowest BCUT2D eigenvalue weighted by atomic mass is 10.0. The number of likely N-dealkylation sites (N-methyl/N-ethyl adjacent to an activating group) is 1. The lowest BCUT2D eigenvalue weighted by Gasteiger charge is -2.29. The van der Waals surface area contributed by atoms with Gasteiger partial charge in [0.05, 0.1) is 5.60 Å². The van der Waals surface area contributed by atoms with Crippen molar-refractivity contribution in [3.63, 3.8) is 0 Å².